The predicted octanol–water partition coefficient (Wildman–Crippen LogP) is 3.45. The molecule has 2 rings (SSSR count). The van der Waals surface area contributed by atoms with E-state index < -0.39 is 0 Å². The Morgan fingerprint density at radius 1 is 1.33 bits per heavy atom. The summed E-state index contributed by atoms with van der Waals surface area (Å²) in [5, 5.41) is 14.4. The molecule has 0 radical (unpaired) electrons. The van der Waals surface area contributed by atoms with Crippen LogP contribution in [0.25, 0.3) is 5.69 Å². The average molecular weight is 265 g/mol. The Balaban J connectivity index is 2.58. The van der Waals surface area contributed by atoms with Crippen molar-refractivity contribution in [1.29, 1.82) is 0 Å². The van der Waals surface area contributed by atoms with Crippen molar-refractivity contribution in [2.75, 3.05) is 0 Å². The number of hydrogen-bond acceptors (Lipinski definition) is 2. The van der Waals surface area contributed by atoms with E-state index in [2.05, 4.69) is 18.9 Å². The first-order chi connectivity index (χ1) is 8.52. The molecule has 3 nitrogen and oxygen atoms in total. The second kappa shape index (κ2) is 5.12. The van der Waals surface area contributed by atoms with Gasteiger partial charge in [0.1, 0.15) is 0 Å². The summed E-state index contributed by atoms with van der Waals surface area (Å²) >= 11 is 5.97. The minimum Gasteiger partial charge on any atom is -0.390 e. The Hall–Kier alpha value is -1.32. The Bertz CT molecular complexity index is 561. The van der Waals surface area contributed by atoms with Gasteiger partial charge < -0.3 is 5.11 Å². The van der Waals surface area contributed by atoms with Gasteiger partial charge in [0.05, 0.1) is 18.0 Å². The first-order valence-corrected chi connectivity index (χ1v) is 6.37. The van der Waals surface area contributed by atoms with Crippen LogP contribution in [-0.4, -0.2) is 14.9 Å². The standard InChI is InChI=1S/C14H17ClN2O/c1-9(2)14-7-12(8-18)16-17(14)13-5-4-11(15)6-10(13)3/h4-7,9,18H,8H2,1-3H3. The van der Waals surface area contributed by atoms with E-state index in [0.29, 0.717) is 11.6 Å². The maximum Gasteiger partial charge on any atom is 0.0886 e. The number of nitrogens with zero attached hydrogens (tertiary/aromatic N) is 2. The van der Waals surface area contributed by atoms with Gasteiger partial charge in [-0.05, 0) is 42.7 Å². The number of aryl methyl sites for hydroxylation is 1. The maximum absolute atomic E-state index is 9.22. The Morgan fingerprint density at radius 2 is 2.06 bits per heavy atom. The Kier molecular flexibility index (Phi) is 3.73. The molecule has 4 heteroatoms. The molecule has 0 spiro atoms. The third kappa shape index (κ3) is 2.42. The number of aromatic nitrogens is 2. The van der Waals surface area contributed by atoms with Gasteiger partial charge in [-0.1, -0.05) is 25.4 Å². The molecule has 1 N–H and O–H groups in total. The summed E-state index contributed by atoms with van der Waals surface area (Å²) in [4.78, 5) is 0. The zero-order chi connectivity index (χ0) is 13.3. The van der Waals surface area contributed by atoms with Crippen molar-refractivity contribution in [3.8, 4) is 5.69 Å². The number of hydrogen-bond donors (Lipinski definition) is 1. The van der Waals surface area contributed by atoms with Crippen molar-refractivity contribution in [2.24, 2.45) is 0 Å². The second-order valence-corrected chi connectivity index (χ2v) is 5.15. The van der Waals surface area contributed by atoms with Crippen molar-refractivity contribution in [2.45, 2.75) is 33.3 Å². The molecule has 2 aromatic rings. The highest BCUT2D eigenvalue weighted by molar-refractivity contribution is 6.30. The summed E-state index contributed by atoms with van der Waals surface area (Å²) in [7, 11) is 0. The topological polar surface area (TPSA) is 38.0 Å². The van der Waals surface area contributed by atoms with Crippen LogP contribution in [0, 0.1) is 6.92 Å². The van der Waals surface area contributed by atoms with Gasteiger partial charge in [-0.15, -0.1) is 0 Å². The van der Waals surface area contributed by atoms with E-state index in [0.717, 1.165) is 22.0 Å². The van der Waals surface area contributed by atoms with E-state index >= 15 is 0 Å². The summed E-state index contributed by atoms with van der Waals surface area (Å²) in [6.07, 6.45) is 0. The third-order valence-corrected chi connectivity index (χ3v) is 3.16. The molecule has 0 amide bonds. The highest BCUT2D eigenvalue weighted by Gasteiger charge is 2.13. The fourth-order valence-electron chi connectivity index (χ4n) is 1.98. The summed E-state index contributed by atoms with van der Waals surface area (Å²) in [5.41, 5.74) is 3.84. The number of halogens is 1. The van der Waals surface area contributed by atoms with Crippen LogP contribution in [0.1, 0.15) is 36.7 Å². The van der Waals surface area contributed by atoms with Gasteiger partial charge in [-0.2, -0.15) is 5.10 Å². The van der Waals surface area contributed by atoms with Crippen LogP contribution in [0.5, 0.6) is 0 Å². The van der Waals surface area contributed by atoms with Crippen molar-refractivity contribution in [3.63, 3.8) is 0 Å². The van der Waals surface area contributed by atoms with Crippen LogP contribution in [0.4, 0.5) is 0 Å². The maximum atomic E-state index is 9.22. The van der Waals surface area contributed by atoms with Crippen molar-refractivity contribution >= 4 is 11.6 Å². The zero-order valence-electron chi connectivity index (χ0n) is 10.8. The van der Waals surface area contributed by atoms with Crippen LogP contribution in [-0.2, 0) is 6.61 Å². The van der Waals surface area contributed by atoms with E-state index in [4.69, 9.17) is 11.6 Å². The lowest BCUT2D eigenvalue weighted by Crippen LogP contribution is -2.05. The molecule has 0 unspecified atom stereocenters. The van der Waals surface area contributed by atoms with Crippen molar-refractivity contribution in [3.05, 3.63) is 46.2 Å². The van der Waals surface area contributed by atoms with Crippen LogP contribution >= 0.6 is 11.6 Å². The number of aliphatic hydroxyl groups excluding tert-OH is 1. The lowest BCUT2D eigenvalue weighted by atomic mass is 10.1. The molecule has 0 aliphatic heterocycles. The molecule has 0 aliphatic rings. The second-order valence-electron chi connectivity index (χ2n) is 4.72. The van der Waals surface area contributed by atoms with Gasteiger partial charge in [-0.3, -0.25) is 0 Å². The Morgan fingerprint density at radius 3 is 2.61 bits per heavy atom. The first kappa shape index (κ1) is 13.1. The molecule has 0 aliphatic carbocycles. The molecule has 1 aromatic heterocycles. The quantitative estimate of drug-likeness (QED) is 0.922. The molecule has 18 heavy (non-hydrogen) atoms. The number of benzene rings is 1. The molecule has 1 aromatic carbocycles. The normalized spacial score (nSPS) is 11.2. The van der Waals surface area contributed by atoms with Crippen LogP contribution in [0.2, 0.25) is 5.02 Å². The summed E-state index contributed by atoms with van der Waals surface area (Å²) in [6.45, 7) is 6.19. The first-order valence-electron chi connectivity index (χ1n) is 5.99. The van der Waals surface area contributed by atoms with Gasteiger partial charge >= 0.3 is 0 Å². The summed E-state index contributed by atoms with van der Waals surface area (Å²) in [6, 6.07) is 7.67. The molecule has 1 heterocycles. The lowest BCUT2D eigenvalue weighted by molar-refractivity contribution is 0.276. The zero-order valence-corrected chi connectivity index (χ0v) is 11.6. The monoisotopic (exact) mass is 264 g/mol. The predicted molar refractivity (Wildman–Crippen MR) is 73.3 cm³/mol. The van der Waals surface area contributed by atoms with Gasteiger partial charge in [0.15, 0.2) is 0 Å². The number of rotatable bonds is 3. The van der Waals surface area contributed by atoms with Crippen molar-refractivity contribution < 1.29 is 5.11 Å². The van der Waals surface area contributed by atoms with E-state index in [1.54, 1.807) is 0 Å². The summed E-state index contributed by atoms with van der Waals surface area (Å²) in [5.74, 6) is 0.341. The smallest absolute Gasteiger partial charge is 0.0886 e. The third-order valence-electron chi connectivity index (χ3n) is 2.93. The van der Waals surface area contributed by atoms with E-state index in [1.165, 1.54) is 0 Å². The molecular weight excluding hydrogens is 248 g/mol. The van der Waals surface area contributed by atoms with Gasteiger partial charge in [0.2, 0.25) is 0 Å². The highest BCUT2D eigenvalue weighted by atomic mass is 35.5. The lowest BCUT2D eigenvalue weighted by Gasteiger charge is -2.12. The molecule has 0 fully saturated rings. The fourth-order valence-corrected chi connectivity index (χ4v) is 2.21. The number of aliphatic hydroxyl groups is 1. The molecule has 0 saturated carbocycles. The van der Waals surface area contributed by atoms with Crippen LogP contribution < -0.4 is 0 Å². The Labute approximate surface area is 112 Å². The van der Waals surface area contributed by atoms with E-state index in [1.807, 2.05) is 35.9 Å². The molecule has 0 atom stereocenters. The van der Waals surface area contributed by atoms with Crippen LogP contribution in [0.15, 0.2) is 24.3 Å². The van der Waals surface area contributed by atoms with Gasteiger partial charge in [-0.25, -0.2) is 4.68 Å². The van der Waals surface area contributed by atoms with Gasteiger partial charge in [0.25, 0.3) is 0 Å². The summed E-state index contributed by atoms with van der Waals surface area (Å²) < 4.78 is 1.89. The SMILES string of the molecule is Cc1cc(Cl)ccc1-n1nc(CO)cc1C(C)C. The van der Waals surface area contributed by atoms with Gasteiger partial charge in [0, 0.05) is 10.7 Å². The highest BCUT2D eigenvalue weighted by Crippen LogP contribution is 2.24. The molecule has 96 valence electrons. The molecule has 0 saturated heterocycles. The van der Waals surface area contributed by atoms with E-state index in [9.17, 15) is 5.11 Å². The van der Waals surface area contributed by atoms with Crippen molar-refractivity contribution in [1.82, 2.24) is 9.78 Å². The largest absolute Gasteiger partial charge is 0.390 e. The average Bonchev–Trinajstić information content (AvgIpc) is 2.73. The fraction of sp³-hybridized carbons (Fsp3) is 0.357. The van der Waals surface area contributed by atoms with Crippen LogP contribution in [0.3, 0.4) is 0 Å². The minimum absolute atomic E-state index is 0.0423. The van der Waals surface area contributed by atoms with E-state index in [-0.39, 0.29) is 6.61 Å². The molecule has 0 bridgehead atoms. The molecular formula is C14H17ClN2O. The minimum atomic E-state index is -0.0423.